The number of aryl methyl sites for hydroxylation is 1. The van der Waals surface area contributed by atoms with Gasteiger partial charge in [0.15, 0.2) is 11.5 Å². The number of hydrogen-bond donors (Lipinski definition) is 1. The molecule has 4 rings (SSSR count). The molecule has 0 aliphatic rings. The molecule has 0 radical (unpaired) electrons. The Morgan fingerprint density at radius 2 is 1.75 bits per heavy atom. The van der Waals surface area contributed by atoms with E-state index < -0.39 is 0 Å². The van der Waals surface area contributed by atoms with Crippen molar-refractivity contribution in [1.82, 2.24) is 19.5 Å². The minimum absolute atomic E-state index is 0.0896. The maximum absolute atomic E-state index is 12.9. The van der Waals surface area contributed by atoms with Crippen molar-refractivity contribution in [3.63, 3.8) is 0 Å². The molecule has 2 aromatic carbocycles. The van der Waals surface area contributed by atoms with E-state index in [0.717, 1.165) is 16.7 Å². The van der Waals surface area contributed by atoms with Gasteiger partial charge in [0.25, 0.3) is 5.56 Å². The molecule has 32 heavy (non-hydrogen) atoms. The predicted octanol–water partition coefficient (Wildman–Crippen LogP) is 2.81. The van der Waals surface area contributed by atoms with Crippen LogP contribution in [0.2, 0.25) is 0 Å². The highest BCUT2D eigenvalue weighted by Crippen LogP contribution is 2.27. The van der Waals surface area contributed by atoms with Gasteiger partial charge in [0, 0.05) is 24.5 Å². The van der Waals surface area contributed by atoms with Crippen molar-refractivity contribution in [2.24, 2.45) is 0 Å². The molecule has 0 fully saturated rings. The molecule has 0 spiro atoms. The molecule has 0 atom stereocenters. The lowest BCUT2D eigenvalue weighted by atomic mass is 10.1. The first kappa shape index (κ1) is 21.2. The largest absolute Gasteiger partial charge is 0.493 e. The molecule has 0 bridgehead atoms. The SMILES string of the molecule is COc1ccc(CNC(=O)Cn2ccn3nc(-c4ccc(C)cc4)cc3c2=O)cc1OC. The third kappa shape index (κ3) is 4.34. The van der Waals surface area contributed by atoms with Gasteiger partial charge in [-0.3, -0.25) is 9.59 Å². The van der Waals surface area contributed by atoms with Gasteiger partial charge in [-0.15, -0.1) is 0 Å². The monoisotopic (exact) mass is 432 g/mol. The van der Waals surface area contributed by atoms with Crippen molar-refractivity contribution < 1.29 is 14.3 Å². The Morgan fingerprint density at radius 3 is 2.47 bits per heavy atom. The van der Waals surface area contributed by atoms with Crippen LogP contribution in [0, 0.1) is 6.92 Å². The molecule has 0 unspecified atom stereocenters. The molecule has 0 aliphatic carbocycles. The van der Waals surface area contributed by atoms with Crippen LogP contribution in [0.3, 0.4) is 0 Å². The zero-order valence-corrected chi connectivity index (χ0v) is 18.2. The second kappa shape index (κ2) is 8.97. The van der Waals surface area contributed by atoms with Crippen LogP contribution < -0.4 is 20.3 Å². The summed E-state index contributed by atoms with van der Waals surface area (Å²) in [5, 5.41) is 7.31. The first-order valence-electron chi connectivity index (χ1n) is 10.1. The summed E-state index contributed by atoms with van der Waals surface area (Å²) in [4.78, 5) is 25.3. The summed E-state index contributed by atoms with van der Waals surface area (Å²) >= 11 is 0. The fraction of sp³-hybridized carbons (Fsp3) is 0.208. The van der Waals surface area contributed by atoms with Crippen molar-refractivity contribution in [3.05, 3.63) is 82.4 Å². The molecule has 164 valence electrons. The summed E-state index contributed by atoms with van der Waals surface area (Å²) in [5.74, 6) is 0.934. The lowest BCUT2D eigenvalue weighted by Gasteiger charge is -2.11. The Balaban J connectivity index is 1.48. The summed E-state index contributed by atoms with van der Waals surface area (Å²) in [6, 6.07) is 15.1. The second-order valence-electron chi connectivity index (χ2n) is 7.42. The fourth-order valence-electron chi connectivity index (χ4n) is 3.42. The molecular weight excluding hydrogens is 408 g/mol. The third-order valence-corrected chi connectivity index (χ3v) is 5.20. The van der Waals surface area contributed by atoms with Gasteiger partial charge >= 0.3 is 0 Å². The summed E-state index contributed by atoms with van der Waals surface area (Å²) in [7, 11) is 3.13. The van der Waals surface area contributed by atoms with E-state index in [-0.39, 0.29) is 18.0 Å². The predicted molar refractivity (Wildman–Crippen MR) is 121 cm³/mol. The van der Waals surface area contributed by atoms with E-state index in [9.17, 15) is 9.59 Å². The average Bonchev–Trinajstić information content (AvgIpc) is 3.25. The van der Waals surface area contributed by atoms with Gasteiger partial charge in [-0.25, -0.2) is 4.52 Å². The molecule has 2 aromatic heterocycles. The van der Waals surface area contributed by atoms with E-state index in [1.165, 1.54) is 9.08 Å². The van der Waals surface area contributed by atoms with Gasteiger partial charge in [0.2, 0.25) is 5.91 Å². The summed E-state index contributed by atoms with van der Waals surface area (Å²) in [6.45, 7) is 2.23. The Labute approximate surface area is 185 Å². The Hall–Kier alpha value is -4.07. The Morgan fingerprint density at radius 1 is 1.00 bits per heavy atom. The Bertz CT molecular complexity index is 1320. The zero-order valence-electron chi connectivity index (χ0n) is 18.2. The molecule has 2 heterocycles. The number of nitrogens with one attached hydrogen (secondary N) is 1. The molecule has 0 saturated heterocycles. The van der Waals surface area contributed by atoms with Crippen LogP contribution in [-0.4, -0.2) is 34.3 Å². The minimum atomic E-state index is -0.278. The lowest BCUT2D eigenvalue weighted by Crippen LogP contribution is -2.32. The van der Waals surface area contributed by atoms with Crippen LogP contribution in [0.4, 0.5) is 0 Å². The fourth-order valence-corrected chi connectivity index (χ4v) is 3.42. The van der Waals surface area contributed by atoms with Crippen molar-refractivity contribution >= 4 is 11.4 Å². The summed E-state index contributed by atoms with van der Waals surface area (Å²) in [6.07, 6.45) is 3.24. The van der Waals surface area contributed by atoms with Gasteiger partial charge in [-0.1, -0.05) is 35.9 Å². The number of methoxy groups -OCH3 is 2. The number of carbonyl (C=O) groups is 1. The van der Waals surface area contributed by atoms with Crippen molar-refractivity contribution in [2.45, 2.75) is 20.0 Å². The second-order valence-corrected chi connectivity index (χ2v) is 7.42. The van der Waals surface area contributed by atoms with E-state index in [4.69, 9.17) is 9.47 Å². The number of benzene rings is 2. The van der Waals surface area contributed by atoms with Crippen LogP contribution in [0.1, 0.15) is 11.1 Å². The molecule has 4 aromatic rings. The topological polar surface area (TPSA) is 86.9 Å². The molecule has 1 amide bonds. The normalized spacial score (nSPS) is 10.8. The van der Waals surface area contributed by atoms with E-state index in [0.29, 0.717) is 29.3 Å². The molecule has 1 N–H and O–H groups in total. The average molecular weight is 432 g/mol. The molecule has 0 aliphatic heterocycles. The van der Waals surface area contributed by atoms with Crippen molar-refractivity contribution in [2.75, 3.05) is 14.2 Å². The van der Waals surface area contributed by atoms with Gasteiger partial charge < -0.3 is 19.4 Å². The lowest BCUT2D eigenvalue weighted by molar-refractivity contribution is -0.121. The van der Waals surface area contributed by atoms with E-state index >= 15 is 0 Å². The minimum Gasteiger partial charge on any atom is -0.493 e. The highest BCUT2D eigenvalue weighted by molar-refractivity contribution is 5.76. The maximum atomic E-state index is 12.9. The number of ether oxygens (including phenoxy) is 2. The number of rotatable bonds is 7. The quantitative estimate of drug-likeness (QED) is 0.485. The van der Waals surface area contributed by atoms with Gasteiger partial charge in [-0.05, 0) is 30.7 Å². The Kier molecular flexibility index (Phi) is 5.93. The first-order chi connectivity index (χ1) is 15.5. The molecule has 8 heteroatoms. The summed E-state index contributed by atoms with van der Waals surface area (Å²) < 4.78 is 13.4. The van der Waals surface area contributed by atoms with Crippen LogP contribution in [-0.2, 0) is 17.9 Å². The maximum Gasteiger partial charge on any atom is 0.277 e. The number of amides is 1. The van der Waals surface area contributed by atoms with Crippen molar-refractivity contribution in [1.29, 1.82) is 0 Å². The first-order valence-corrected chi connectivity index (χ1v) is 10.1. The third-order valence-electron chi connectivity index (χ3n) is 5.20. The number of aromatic nitrogens is 3. The van der Waals surface area contributed by atoms with E-state index in [2.05, 4.69) is 10.4 Å². The van der Waals surface area contributed by atoms with Crippen LogP contribution >= 0.6 is 0 Å². The standard InChI is InChI=1S/C24H24N4O4/c1-16-4-7-18(8-5-16)19-13-20-24(30)27(10-11-28(20)26-19)15-23(29)25-14-17-6-9-21(31-2)22(12-17)32-3/h4-13H,14-15H2,1-3H3,(H,25,29). The van der Waals surface area contributed by atoms with E-state index in [1.54, 1.807) is 44.8 Å². The summed E-state index contributed by atoms with van der Waals surface area (Å²) in [5.41, 5.74) is 3.78. The van der Waals surface area contributed by atoms with Gasteiger partial charge in [-0.2, -0.15) is 5.10 Å². The highest BCUT2D eigenvalue weighted by Gasteiger charge is 2.12. The van der Waals surface area contributed by atoms with Gasteiger partial charge in [0.05, 0.1) is 19.9 Å². The van der Waals surface area contributed by atoms with Crippen LogP contribution in [0.25, 0.3) is 16.8 Å². The number of fused-ring (bicyclic) bond motifs is 1. The zero-order chi connectivity index (χ0) is 22.7. The molecule has 0 saturated carbocycles. The molecule has 8 nitrogen and oxygen atoms in total. The highest BCUT2D eigenvalue weighted by atomic mass is 16.5. The van der Waals surface area contributed by atoms with Crippen LogP contribution in [0.5, 0.6) is 11.5 Å². The van der Waals surface area contributed by atoms with E-state index in [1.807, 2.05) is 37.3 Å². The molecular formula is C24H24N4O4. The number of hydrogen-bond acceptors (Lipinski definition) is 5. The van der Waals surface area contributed by atoms with Crippen LogP contribution in [0.15, 0.2) is 65.7 Å². The van der Waals surface area contributed by atoms with Crippen molar-refractivity contribution in [3.8, 4) is 22.8 Å². The number of nitrogens with zero attached hydrogens (tertiary/aromatic N) is 3. The number of carbonyl (C=O) groups excluding carboxylic acids is 1. The van der Waals surface area contributed by atoms with Gasteiger partial charge in [0.1, 0.15) is 12.1 Å². The smallest absolute Gasteiger partial charge is 0.277 e.